The van der Waals surface area contributed by atoms with Gasteiger partial charge in [0.1, 0.15) is 0 Å². The standard InChI is InChI=1S/C12H22/c1-5-6-7-8-9-10-12(4)11(2)3/h7-12H,5-6H2,1-4H3/b8-7-,10-9+. The second-order valence-corrected chi connectivity index (χ2v) is 3.70. The van der Waals surface area contributed by atoms with Crippen molar-refractivity contribution >= 4 is 0 Å². The quantitative estimate of drug-likeness (QED) is 0.537. The maximum atomic E-state index is 2.27. The Bertz CT molecular complexity index is 140. The molecule has 1 atom stereocenters. The van der Waals surface area contributed by atoms with Crippen LogP contribution in [0.25, 0.3) is 0 Å². The van der Waals surface area contributed by atoms with E-state index < -0.39 is 0 Å². The van der Waals surface area contributed by atoms with Crippen molar-refractivity contribution in [2.45, 2.75) is 40.5 Å². The summed E-state index contributed by atoms with van der Waals surface area (Å²) in [7, 11) is 0. The van der Waals surface area contributed by atoms with Crippen molar-refractivity contribution in [2.75, 3.05) is 0 Å². The lowest BCUT2D eigenvalue weighted by Gasteiger charge is -2.08. The van der Waals surface area contributed by atoms with Crippen molar-refractivity contribution in [3.8, 4) is 0 Å². The first-order valence-electron chi connectivity index (χ1n) is 5.01. The summed E-state index contributed by atoms with van der Waals surface area (Å²) >= 11 is 0. The van der Waals surface area contributed by atoms with E-state index in [1.165, 1.54) is 12.8 Å². The van der Waals surface area contributed by atoms with Gasteiger partial charge in [-0.15, -0.1) is 0 Å². The van der Waals surface area contributed by atoms with Gasteiger partial charge in [0.2, 0.25) is 0 Å². The van der Waals surface area contributed by atoms with E-state index in [0.717, 1.165) is 5.92 Å². The number of allylic oxidation sites excluding steroid dienone is 4. The van der Waals surface area contributed by atoms with Gasteiger partial charge in [0.05, 0.1) is 0 Å². The van der Waals surface area contributed by atoms with Crippen LogP contribution in [-0.2, 0) is 0 Å². The summed E-state index contributed by atoms with van der Waals surface area (Å²) in [6, 6.07) is 0. The van der Waals surface area contributed by atoms with E-state index in [1.807, 2.05) is 0 Å². The SMILES string of the molecule is CCC/C=C\C=C\C(C)C(C)C. The fraction of sp³-hybridized carbons (Fsp3) is 0.667. The fourth-order valence-corrected chi connectivity index (χ4v) is 0.803. The molecule has 0 N–H and O–H groups in total. The zero-order valence-corrected chi connectivity index (χ0v) is 8.88. The van der Waals surface area contributed by atoms with Crippen LogP contribution in [0.4, 0.5) is 0 Å². The van der Waals surface area contributed by atoms with Gasteiger partial charge in [0, 0.05) is 0 Å². The highest BCUT2D eigenvalue weighted by Gasteiger charge is 1.99. The first kappa shape index (κ1) is 11.5. The van der Waals surface area contributed by atoms with Gasteiger partial charge in [-0.05, 0) is 18.3 Å². The Labute approximate surface area is 77.4 Å². The molecule has 0 radical (unpaired) electrons. The number of unbranched alkanes of at least 4 members (excludes halogenated alkanes) is 1. The van der Waals surface area contributed by atoms with Crippen molar-refractivity contribution in [2.24, 2.45) is 11.8 Å². The molecule has 0 spiro atoms. The van der Waals surface area contributed by atoms with Crippen LogP contribution < -0.4 is 0 Å². The number of hydrogen-bond acceptors (Lipinski definition) is 0. The van der Waals surface area contributed by atoms with Crippen molar-refractivity contribution < 1.29 is 0 Å². The first-order valence-corrected chi connectivity index (χ1v) is 5.01. The normalized spacial score (nSPS) is 15.1. The Morgan fingerprint density at radius 3 is 2.25 bits per heavy atom. The fourth-order valence-electron chi connectivity index (χ4n) is 0.803. The van der Waals surface area contributed by atoms with Crippen LogP contribution in [0.2, 0.25) is 0 Å². The highest BCUT2D eigenvalue weighted by molar-refractivity contribution is 5.03. The van der Waals surface area contributed by atoms with Crippen LogP contribution in [0.3, 0.4) is 0 Å². The van der Waals surface area contributed by atoms with E-state index in [2.05, 4.69) is 52.0 Å². The molecule has 0 saturated carbocycles. The van der Waals surface area contributed by atoms with Crippen LogP contribution in [0.5, 0.6) is 0 Å². The Balaban J connectivity index is 3.60. The molecular weight excluding hydrogens is 144 g/mol. The Morgan fingerprint density at radius 2 is 1.75 bits per heavy atom. The zero-order valence-electron chi connectivity index (χ0n) is 8.88. The van der Waals surface area contributed by atoms with Crippen molar-refractivity contribution in [3.05, 3.63) is 24.3 Å². The van der Waals surface area contributed by atoms with E-state index in [-0.39, 0.29) is 0 Å². The molecule has 0 fully saturated rings. The molecule has 0 aromatic rings. The monoisotopic (exact) mass is 166 g/mol. The molecule has 0 rings (SSSR count). The second kappa shape index (κ2) is 7.15. The molecule has 70 valence electrons. The summed E-state index contributed by atoms with van der Waals surface area (Å²) in [5.41, 5.74) is 0. The van der Waals surface area contributed by atoms with Gasteiger partial charge in [-0.1, -0.05) is 58.4 Å². The molecule has 0 heteroatoms. The third-order valence-corrected chi connectivity index (χ3v) is 2.17. The average Bonchev–Trinajstić information content (AvgIpc) is 2.03. The molecule has 0 aromatic carbocycles. The largest absolute Gasteiger partial charge is 0.0846 e. The molecule has 0 aliphatic heterocycles. The lowest BCUT2D eigenvalue weighted by atomic mass is 9.98. The Hall–Kier alpha value is -0.520. The van der Waals surface area contributed by atoms with Gasteiger partial charge in [0.15, 0.2) is 0 Å². The van der Waals surface area contributed by atoms with Crippen molar-refractivity contribution in [1.82, 2.24) is 0 Å². The minimum atomic E-state index is 0.691. The van der Waals surface area contributed by atoms with E-state index in [0.29, 0.717) is 5.92 Å². The molecule has 0 saturated heterocycles. The van der Waals surface area contributed by atoms with Crippen molar-refractivity contribution in [3.63, 3.8) is 0 Å². The Kier molecular flexibility index (Phi) is 6.84. The molecule has 0 aliphatic carbocycles. The Morgan fingerprint density at radius 1 is 1.08 bits per heavy atom. The summed E-state index contributed by atoms with van der Waals surface area (Å²) in [5, 5.41) is 0. The van der Waals surface area contributed by atoms with Gasteiger partial charge < -0.3 is 0 Å². The molecule has 0 bridgehead atoms. The van der Waals surface area contributed by atoms with Gasteiger partial charge in [-0.2, -0.15) is 0 Å². The summed E-state index contributed by atoms with van der Waals surface area (Å²) in [6.07, 6.45) is 11.3. The van der Waals surface area contributed by atoms with Crippen molar-refractivity contribution in [1.29, 1.82) is 0 Å². The highest BCUT2D eigenvalue weighted by atomic mass is 14.1. The van der Waals surface area contributed by atoms with Gasteiger partial charge >= 0.3 is 0 Å². The van der Waals surface area contributed by atoms with E-state index in [4.69, 9.17) is 0 Å². The predicted molar refractivity (Wildman–Crippen MR) is 57.2 cm³/mol. The average molecular weight is 166 g/mol. The van der Waals surface area contributed by atoms with Gasteiger partial charge in [0.25, 0.3) is 0 Å². The molecule has 0 aromatic heterocycles. The van der Waals surface area contributed by atoms with Crippen LogP contribution >= 0.6 is 0 Å². The van der Waals surface area contributed by atoms with E-state index in [9.17, 15) is 0 Å². The summed E-state index contributed by atoms with van der Waals surface area (Å²) in [4.78, 5) is 0. The smallest absolute Gasteiger partial charge is 0.0236 e. The predicted octanol–water partition coefficient (Wildman–Crippen LogP) is 4.19. The molecule has 12 heavy (non-hydrogen) atoms. The lowest BCUT2D eigenvalue weighted by molar-refractivity contribution is 0.504. The molecule has 0 nitrogen and oxygen atoms in total. The van der Waals surface area contributed by atoms with E-state index in [1.54, 1.807) is 0 Å². The van der Waals surface area contributed by atoms with Crippen LogP contribution in [0.1, 0.15) is 40.5 Å². The third-order valence-electron chi connectivity index (χ3n) is 2.17. The number of hydrogen-bond donors (Lipinski definition) is 0. The zero-order chi connectivity index (χ0) is 9.40. The lowest BCUT2D eigenvalue weighted by Crippen LogP contribution is -1.98. The van der Waals surface area contributed by atoms with Crippen LogP contribution in [0, 0.1) is 11.8 Å². The highest BCUT2D eigenvalue weighted by Crippen LogP contribution is 2.10. The minimum absolute atomic E-state index is 0.691. The topological polar surface area (TPSA) is 0 Å². The molecule has 0 amide bonds. The maximum absolute atomic E-state index is 2.27. The summed E-state index contributed by atoms with van der Waals surface area (Å²) in [5.74, 6) is 1.44. The molecule has 0 aliphatic rings. The van der Waals surface area contributed by atoms with Crippen LogP contribution in [-0.4, -0.2) is 0 Å². The summed E-state index contributed by atoms with van der Waals surface area (Å²) < 4.78 is 0. The maximum Gasteiger partial charge on any atom is -0.0236 e. The molecular formula is C12H22. The van der Waals surface area contributed by atoms with Crippen LogP contribution in [0.15, 0.2) is 24.3 Å². The van der Waals surface area contributed by atoms with Gasteiger partial charge in [-0.25, -0.2) is 0 Å². The molecule has 1 unspecified atom stereocenters. The minimum Gasteiger partial charge on any atom is -0.0846 e. The third kappa shape index (κ3) is 6.21. The summed E-state index contributed by atoms with van der Waals surface area (Å²) in [6.45, 7) is 8.97. The second-order valence-electron chi connectivity index (χ2n) is 3.70. The number of rotatable bonds is 5. The van der Waals surface area contributed by atoms with Gasteiger partial charge in [-0.3, -0.25) is 0 Å². The molecule has 0 heterocycles. The van der Waals surface area contributed by atoms with E-state index >= 15 is 0 Å². The first-order chi connectivity index (χ1) is 5.68.